The van der Waals surface area contributed by atoms with Gasteiger partial charge in [-0.3, -0.25) is 0 Å². The largest absolute Gasteiger partial charge is 0.363 e. The van der Waals surface area contributed by atoms with Crippen molar-refractivity contribution in [2.75, 3.05) is 5.32 Å². The molecule has 2 rings (SSSR count). The Balaban J connectivity index is 2.07. The van der Waals surface area contributed by atoms with Crippen LogP contribution < -0.4 is 11.1 Å². The van der Waals surface area contributed by atoms with E-state index in [0.717, 1.165) is 25.7 Å². The molecular formula is C11H15ClFN3. The summed E-state index contributed by atoms with van der Waals surface area (Å²) in [6.45, 7) is 0. The van der Waals surface area contributed by atoms with Gasteiger partial charge in [0.05, 0.1) is 5.02 Å². The Labute approximate surface area is 99.2 Å². The van der Waals surface area contributed by atoms with Crippen molar-refractivity contribution in [1.82, 2.24) is 4.98 Å². The molecule has 1 aliphatic carbocycles. The SMILES string of the molecule is NC1CCCCC1Nc1ncc(Cl)cc1F. The van der Waals surface area contributed by atoms with Crippen molar-refractivity contribution in [3.05, 3.63) is 23.1 Å². The summed E-state index contributed by atoms with van der Waals surface area (Å²) in [6, 6.07) is 1.44. The van der Waals surface area contributed by atoms with Crippen LogP contribution >= 0.6 is 11.6 Å². The molecule has 0 radical (unpaired) electrons. The Kier molecular flexibility index (Phi) is 3.61. The van der Waals surface area contributed by atoms with Gasteiger partial charge in [-0.25, -0.2) is 9.37 Å². The van der Waals surface area contributed by atoms with E-state index in [1.54, 1.807) is 0 Å². The molecule has 5 heteroatoms. The van der Waals surface area contributed by atoms with Crippen molar-refractivity contribution in [1.29, 1.82) is 0 Å². The molecule has 3 N–H and O–H groups in total. The zero-order valence-corrected chi connectivity index (χ0v) is 9.67. The molecule has 1 aromatic heterocycles. The number of hydrogen-bond acceptors (Lipinski definition) is 3. The Hall–Kier alpha value is -0.870. The highest BCUT2D eigenvalue weighted by molar-refractivity contribution is 6.30. The number of nitrogens with one attached hydrogen (secondary N) is 1. The number of nitrogens with zero attached hydrogens (tertiary/aromatic N) is 1. The third-order valence-electron chi connectivity index (χ3n) is 2.95. The zero-order valence-electron chi connectivity index (χ0n) is 8.92. The van der Waals surface area contributed by atoms with Gasteiger partial charge >= 0.3 is 0 Å². The highest BCUT2D eigenvalue weighted by Crippen LogP contribution is 2.22. The Bertz CT molecular complexity index is 372. The van der Waals surface area contributed by atoms with Crippen molar-refractivity contribution in [3.63, 3.8) is 0 Å². The number of anilines is 1. The fraction of sp³-hybridized carbons (Fsp3) is 0.545. The van der Waals surface area contributed by atoms with Crippen molar-refractivity contribution in [2.45, 2.75) is 37.8 Å². The first-order chi connectivity index (χ1) is 7.66. The maximum Gasteiger partial charge on any atom is 0.166 e. The molecular weight excluding hydrogens is 229 g/mol. The van der Waals surface area contributed by atoms with Crippen molar-refractivity contribution in [3.8, 4) is 0 Å². The van der Waals surface area contributed by atoms with Gasteiger partial charge in [0.15, 0.2) is 11.6 Å². The molecule has 88 valence electrons. The predicted molar refractivity (Wildman–Crippen MR) is 63.1 cm³/mol. The highest BCUT2D eigenvalue weighted by Gasteiger charge is 2.22. The maximum atomic E-state index is 13.5. The summed E-state index contributed by atoms with van der Waals surface area (Å²) in [7, 11) is 0. The van der Waals surface area contributed by atoms with Crippen molar-refractivity contribution >= 4 is 17.4 Å². The smallest absolute Gasteiger partial charge is 0.166 e. The lowest BCUT2D eigenvalue weighted by molar-refractivity contribution is 0.402. The lowest BCUT2D eigenvalue weighted by Crippen LogP contribution is -2.42. The van der Waals surface area contributed by atoms with Gasteiger partial charge in [0.25, 0.3) is 0 Å². The molecule has 16 heavy (non-hydrogen) atoms. The molecule has 0 spiro atoms. The van der Waals surface area contributed by atoms with Crippen LogP contribution in [0.1, 0.15) is 25.7 Å². The number of halogens is 2. The normalized spacial score (nSPS) is 25.4. The Morgan fingerprint density at radius 2 is 2.19 bits per heavy atom. The first kappa shape index (κ1) is 11.6. The van der Waals surface area contributed by atoms with Crippen molar-refractivity contribution < 1.29 is 4.39 Å². The minimum atomic E-state index is -0.426. The maximum absolute atomic E-state index is 13.5. The summed E-state index contributed by atoms with van der Waals surface area (Å²) < 4.78 is 13.5. The zero-order chi connectivity index (χ0) is 11.5. The van der Waals surface area contributed by atoms with Crippen LogP contribution in [0.15, 0.2) is 12.3 Å². The second-order valence-electron chi connectivity index (χ2n) is 4.18. The van der Waals surface area contributed by atoms with Gasteiger partial charge in [-0.15, -0.1) is 0 Å². The molecule has 1 saturated carbocycles. The third kappa shape index (κ3) is 2.62. The molecule has 1 aromatic rings. The van der Waals surface area contributed by atoms with E-state index in [4.69, 9.17) is 17.3 Å². The highest BCUT2D eigenvalue weighted by atomic mass is 35.5. The van der Waals surface area contributed by atoms with Crippen molar-refractivity contribution in [2.24, 2.45) is 5.73 Å². The molecule has 0 aliphatic heterocycles. The summed E-state index contributed by atoms with van der Waals surface area (Å²) in [5.74, 6) is -0.183. The van der Waals surface area contributed by atoms with Crippen LogP contribution in [0, 0.1) is 5.82 Å². The number of rotatable bonds is 2. The standard InChI is InChI=1S/C11H15ClFN3/c12-7-5-8(13)11(15-6-7)16-10-4-2-1-3-9(10)14/h5-6,9-10H,1-4,14H2,(H,15,16). The first-order valence-electron chi connectivity index (χ1n) is 5.50. The molecule has 3 nitrogen and oxygen atoms in total. The molecule has 2 atom stereocenters. The topological polar surface area (TPSA) is 50.9 Å². The van der Waals surface area contributed by atoms with Gasteiger partial charge in [-0.05, 0) is 18.9 Å². The van der Waals surface area contributed by atoms with Crippen LogP contribution in [-0.4, -0.2) is 17.1 Å². The van der Waals surface area contributed by atoms with Crippen LogP contribution in [-0.2, 0) is 0 Å². The summed E-state index contributed by atoms with van der Waals surface area (Å²) in [4.78, 5) is 3.93. The summed E-state index contributed by atoms with van der Waals surface area (Å²) in [6.07, 6.45) is 5.65. The van der Waals surface area contributed by atoms with Gasteiger partial charge in [-0.2, -0.15) is 0 Å². The van der Waals surface area contributed by atoms with E-state index in [-0.39, 0.29) is 17.9 Å². The van der Waals surface area contributed by atoms with Gasteiger partial charge in [0, 0.05) is 18.3 Å². The summed E-state index contributed by atoms with van der Waals surface area (Å²) >= 11 is 5.63. The fourth-order valence-corrected chi connectivity index (χ4v) is 2.18. The predicted octanol–water partition coefficient (Wildman–Crippen LogP) is 2.56. The number of aromatic nitrogens is 1. The average Bonchev–Trinajstić information content (AvgIpc) is 2.25. The second kappa shape index (κ2) is 4.97. The lowest BCUT2D eigenvalue weighted by atomic mass is 9.91. The monoisotopic (exact) mass is 243 g/mol. The Morgan fingerprint density at radius 1 is 1.44 bits per heavy atom. The molecule has 1 heterocycles. The third-order valence-corrected chi connectivity index (χ3v) is 3.16. The molecule has 0 amide bonds. The van der Waals surface area contributed by atoms with Gasteiger partial charge in [0.1, 0.15) is 0 Å². The number of hydrogen-bond donors (Lipinski definition) is 2. The molecule has 0 aromatic carbocycles. The van der Waals surface area contributed by atoms with Crippen LogP contribution in [0.4, 0.5) is 10.2 Å². The molecule has 1 fully saturated rings. The quantitative estimate of drug-likeness (QED) is 0.839. The van der Waals surface area contributed by atoms with E-state index in [1.807, 2.05) is 0 Å². The minimum Gasteiger partial charge on any atom is -0.363 e. The van der Waals surface area contributed by atoms with Crippen LogP contribution in [0.2, 0.25) is 5.02 Å². The van der Waals surface area contributed by atoms with E-state index in [9.17, 15) is 4.39 Å². The van der Waals surface area contributed by atoms with Gasteiger partial charge in [0.2, 0.25) is 0 Å². The lowest BCUT2D eigenvalue weighted by Gasteiger charge is -2.29. The van der Waals surface area contributed by atoms with E-state index >= 15 is 0 Å². The Morgan fingerprint density at radius 3 is 2.88 bits per heavy atom. The van der Waals surface area contributed by atoms with Gasteiger partial charge < -0.3 is 11.1 Å². The van der Waals surface area contributed by atoms with E-state index in [1.165, 1.54) is 12.3 Å². The molecule has 0 saturated heterocycles. The number of nitrogens with two attached hydrogens (primary N) is 1. The molecule has 0 bridgehead atoms. The van der Waals surface area contributed by atoms with Gasteiger partial charge in [-0.1, -0.05) is 24.4 Å². The van der Waals surface area contributed by atoms with E-state index in [2.05, 4.69) is 10.3 Å². The molecule has 2 unspecified atom stereocenters. The van der Waals surface area contributed by atoms with Crippen LogP contribution in [0.3, 0.4) is 0 Å². The molecule has 1 aliphatic rings. The fourth-order valence-electron chi connectivity index (χ4n) is 2.04. The summed E-state index contributed by atoms with van der Waals surface area (Å²) in [5.41, 5.74) is 5.97. The summed E-state index contributed by atoms with van der Waals surface area (Å²) in [5, 5.41) is 3.36. The number of pyridine rings is 1. The average molecular weight is 244 g/mol. The second-order valence-corrected chi connectivity index (χ2v) is 4.62. The van der Waals surface area contributed by atoms with Crippen LogP contribution in [0.25, 0.3) is 0 Å². The minimum absolute atomic E-state index is 0.0747. The van der Waals surface area contributed by atoms with E-state index < -0.39 is 5.82 Å². The van der Waals surface area contributed by atoms with Crippen LogP contribution in [0.5, 0.6) is 0 Å². The first-order valence-corrected chi connectivity index (χ1v) is 5.88. The van der Waals surface area contributed by atoms with E-state index in [0.29, 0.717) is 5.02 Å².